The molecule has 0 saturated carbocycles. The van der Waals surface area contributed by atoms with E-state index in [1.807, 2.05) is 7.05 Å². The number of imide groups is 1. The van der Waals surface area contributed by atoms with Crippen LogP contribution in [0.5, 0.6) is 0 Å². The number of nitrogens with one attached hydrogen (secondary N) is 1. The van der Waals surface area contributed by atoms with E-state index in [-0.39, 0.29) is 48.3 Å². The molecular weight excluding hydrogens is 274 g/mol. The predicted octanol–water partition coefficient (Wildman–Crippen LogP) is -1.17. The summed E-state index contributed by atoms with van der Waals surface area (Å²) in [4.78, 5) is 39.6. The summed E-state index contributed by atoms with van der Waals surface area (Å²) < 4.78 is 5.66. The molecule has 0 aliphatic carbocycles. The molecule has 3 aliphatic rings. The fraction of sp³-hybridized carbons (Fsp3) is 0.786. The fourth-order valence-corrected chi connectivity index (χ4v) is 3.59. The van der Waals surface area contributed by atoms with Gasteiger partial charge in [0.15, 0.2) is 0 Å². The molecular formula is C14H21N3O4. The van der Waals surface area contributed by atoms with Crippen LogP contribution in [-0.4, -0.2) is 73.5 Å². The lowest BCUT2D eigenvalue weighted by Gasteiger charge is -2.21. The largest absolute Gasteiger partial charge is 0.373 e. The normalized spacial score (nSPS) is 33.7. The first-order valence-electron chi connectivity index (χ1n) is 7.44. The van der Waals surface area contributed by atoms with Crippen LogP contribution in [0, 0.1) is 11.8 Å². The van der Waals surface area contributed by atoms with Gasteiger partial charge in [-0.15, -0.1) is 0 Å². The molecule has 116 valence electrons. The van der Waals surface area contributed by atoms with Crippen LogP contribution in [0.4, 0.5) is 0 Å². The number of nitrogens with zero attached hydrogens (tertiary/aromatic N) is 2. The van der Waals surface area contributed by atoms with Crippen LogP contribution in [0.1, 0.15) is 12.8 Å². The Morgan fingerprint density at radius 1 is 1.29 bits per heavy atom. The van der Waals surface area contributed by atoms with Gasteiger partial charge in [0.2, 0.25) is 17.7 Å². The van der Waals surface area contributed by atoms with Crippen LogP contribution in [0.25, 0.3) is 0 Å². The minimum Gasteiger partial charge on any atom is -0.373 e. The van der Waals surface area contributed by atoms with Crippen molar-refractivity contribution in [1.29, 1.82) is 0 Å². The summed E-state index contributed by atoms with van der Waals surface area (Å²) in [6.07, 6.45) is 1.43. The minimum atomic E-state index is -0.355. The third kappa shape index (κ3) is 2.24. The lowest BCUT2D eigenvalue weighted by Crippen LogP contribution is -2.44. The third-order valence-electron chi connectivity index (χ3n) is 4.79. The number of likely N-dealkylation sites (tertiary alicyclic amines) is 1. The van der Waals surface area contributed by atoms with Gasteiger partial charge in [-0.3, -0.25) is 19.3 Å². The monoisotopic (exact) mass is 295 g/mol. The lowest BCUT2D eigenvalue weighted by atomic mass is 9.81. The molecule has 4 unspecified atom stereocenters. The number of fused-ring (bicyclic) bond motifs is 5. The van der Waals surface area contributed by atoms with Crippen molar-refractivity contribution in [3.63, 3.8) is 0 Å². The third-order valence-corrected chi connectivity index (χ3v) is 4.79. The van der Waals surface area contributed by atoms with E-state index < -0.39 is 0 Å². The van der Waals surface area contributed by atoms with Crippen LogP contribution >= 0.6 is 0 Å². The van der Waals surface area contributed by atoms with Crippen molar-refractivity contribution in [3.05, 3.63) is 0 Å². The maximum Gasteiger partial charge on any atom is 0.242 e. The summed E-state index contributed by atoms with van der Waals surface area (Å²) in [5.74, 6) is -1.38. The van der Waals surface area contributed by atoms with Crippen molar-refractivity contribution < 1.29 is 19.1 Å². The zero-order valence-corrected chi connectivity index (χ0v) is 12.4. The van der Waals surface area contributed by atoms with Crippen molar-refractivity contribution in [3.8, 4) is 0 Å². The highest BCUT2D eigenvalue weighted by molar-refractivity contribution is 6.08. The van der Waals surface area contributed by atoms with Crippen LogP contribution in [0.2, 0.25) is 0 Å². The van der Waals surface area contributed by atoms with E-state index in [4.69, 9.17) is 4.74 Å². The Hall–Kier alpha value is -1.47. The summed E-state index contributed by atoms with van der Waals surface area (Å²) in [6, 6.07) is 0. The maximum atomic E-state index is 12.4. The Bertz CT molecular complexity index is 453. The second-order valence-corrected chi connectivity index (χ2v) is 6.02. The van der Waals surface area contributed by atoms with Crippen molar-refractivity contribution in [2.24, 2.45) is 11.8 Å². The van der Waals surface area contributed by atoms with Gasteiger partial charge in [-0.05, 0) is 19.9 Å². The topological polar surface area (TPSA) is 79.0 Å². The minimum absolute atomic E-state index is 0.126. The zero-order chi connectivity index (χ0) is 15.1. The zero-order valence-electron chi connectivity index (χ0n) is 12.4. The van der Waals surface area contributed by atoms with Gasteiger partial charge in [-0.25, -0.2) is 0 Å². The fourth-order valence-electron chi connectivity index (χ4n) is 3.59. The number of ether oxygens (including phenoxy) is 1. The number of likely N-dealkylation sites (N-methyl/N-ethyl adjacent to an activating group) is 2. The molecule has 0 spiro atoms. The molecule has 2 bridgehead atoms. The van der Waals surface area contributed by atoms with E-state index >= 15 is 0 Å². The molecule has 3 fully saturated rings. The number of carbonyl (C=O) groups excluding carboxylic acids is 3. The van der Waals surface area contributed by atoms with Gasteiger partial charge >= 0.3 is 0 Å². The second kappa shape index (κ2) is 5.38. The predicted molar refractivity (Wildman–Crippen MR) is 73.2 cm³/mol. The molecule has 1 N–H and O–H groups in total. The maximum absolute atomic E-state index is 12.4. The number of carbonyl (C=O) groups is 3. The van der Waals surface area contributed by atoms with Gasteiger partial charge in [-0.1, -0.05) is 0 Å². The lowest BCUT2D eigenvalue weighted by molar-refractivity contribution is -0.148. The number of amides is 3. The Morgan fingerprint density at radius 2 is 1.86 bits per heavy atom. The Labute approximate surface area is 123 Å². The first kappa shape index (κ1) is 14.5. The average molecular weight is 295 g/mol. The van der Waals surface area contributed by atoms with Gasteiger partial charge in [0, 0.05) is 20.1 Å². The van der Waals surface area contributed by atoms with Gasteiger partial charge < -0.3 is 15.0 Å². The van der Waals surface area contributed by atoms with Gasteiger partial charge in [0.05, 0.1) is 24.0 Å². The highest BCUT2D eigenvalue weighted by atomic mass is 16.5. The molecule has 0 aromatic rings. The van der Waals surface area contributed by atoms with E-state index in [1.54, 1.807) is 7.05 Å². The smallest absolute Gasteiger partial charge is 0.242 e. The Balaban J connectivity index is 1.66. The summed E-state index contributed by atoms with van der Waals surface area (Å²) in [5.41, 5.74) is 0. The molecule has 7 heteroatoms. The van der Waals surface area contributed by atoms with Crippen molar-refractivity contribution in [2.75, 3.05) is 33.7 Å². The van der Waals surface area contributed by atoms with Crippen LogP contribution in [-0.2, 0) is 19.1 Å². The van der Waals surface area contributed by atoms with Crippen LogP contribution in [0.15, 0.2) is 0 Å². The number of hydrogen-bond donors (Lipinski definition) is 1. The van der Waals surface area contributed by atoms with E-state index in [2.05, 4.69) is 5.32 Å². The summed E-state index contributed by atoms with van der Waals surface area (Å²) in [6.45, 7) is 1.07. The molecule has 0 aromatic carbocycles. The second-order valence-electron chi connectivity index (χ2n) is 6.02. The molecule has 3 saturated heterocycles. The van der Waals surface area contributed by atoms with Gasteiger partial charge in [-0.2, -0.15) is 0 Å². The van der Waals surface area contributed by atoms with E-state index in [0.29, 0.717) is 13.1 Å². The summed E-state index contributed by atoms with van der Waals surface area (Å²) >= 11 is 0. The molecule has 0 aromatic heterocycles. The van der Waals surface area contributed by atoms with Crippen LogP contribution in [0.3, 0.4) is 0 Å². The molecule has 21 heavy (non-hydrogen) atoms. The highest BCUT2D eigenvalue weighted by Crippen LogP contribution is 2.48. The van der Waals surface area contributed by atoms with Gasteiger partial charge in [0.25, 0.3) is 0 Å². The molecule has 4 atom stereocenters. The van der Waals surface area contributed by atoms with Crippen molar-refractivity contribution >= 4 is 17.7 Å². The first-order valence-corrected chi connectivity index (χ1v) is 7.44. The van der Waals surface area contributed by atoms with Crippen molar-refractivity contribution in [1.82, 2.24) is 15.1 Å². The molecule has 0 radical (unpaired) electrons. The Kier molecular flexibility index (Phi) is 3.71. The summed E-state index contributed by atoms with van der Waals surface area (Å²) in [5, 5.41) is 2.96. The molecule has 3 amide bonds. The molecule has 7 nitrogen and oxygen atoms in total. The van der Waals surface area contributed by atoms with E-state index in [9.17, 15) is 14.4 Å². The highest BCUT2D eigenvalue weighted by Gasteiger charge is 2.62. The van der Waals surface area contributed by atoms with Crippen molar-refractivity contribution in [2.45, 2.75) is 25.0 Å². The first-order chi connectivity index (χ1) is 10.0. The quantitative estimate of drug-likeness (QED) is 0.646. The number of hydrogen-bond acceptors (Lipinski definition) is 5. The van der Waals surface area contributed by atoms with Gasteiger partial charge in [0.1, 0.15) is 6.54 Å². The van der Waals surface area contributed by atoms with E-state index in [0.717, 1.165) is 17.7 Å². The average Bonchev–Trinajstić information content (AvgIpc) is 3.14. The van der Waals surface area contributed by atoms with Crippen LogP contribution < -0.4 is 5.32 Å². The van der Waals surface area contributed by atoms with E-state index in [1.165, 1.54) is 4.90 Å². The standard InChI is InChI=1S/C14H21N3O4/c1-15-5-6-16(2)10(18)7-17-13(19)11-8-3-4-9(21-8)12(11)14(17)20/h8-9,11-12,15H,3-7H2,1-2H3. The molecule has 3 aliphatic heterocycles. The number of rotatable bonds is 5. The Morgan fingerprint density at radius 3 is 2.38 bits per heavy atom. The SMILES string of the molecule is CNCCN(C)C(=O)CN1C(=O)C2C3CCC(O3)C2C1=O. The summed E-state index contributed by atoms with van der Waals surface area (Å²) in [7, 11) is 3.49. The molecule has 3 rings (SSSR count). The molecule has 3 heterocycles.